The summed E-state index contributed by atoms with van der Waals surface area (Å²) in [5.41, 5.74) is 0.260. The highest BCUT2D eigenvalue weighted by molar-refractivity contribution is 7.86. The van der Waals surface area contributed by atoms with Crippen molar-refractivity contribution in [2.45, 2.75) is 50.2 Å². The van der Waals surface area contributed by atoms with Crippen LogP contribution in [0.4, 0.5) is 5.82 Å². The Labute approximate surface area is 223 Å². The molecule has 1 saturated heterocycles. The molecule has 1 fully saturated rings. The minimum atomic E-state index is -4.40. The number of methoxy groups -OCH3 is 1. The second-order valence-corrected chi connectivity index (χ2v) is 9.89. The summed E-state index contributed by atoms with van der Waals surface area (Å²) in [5, 5.41) is 2.81. The predicted octanol–water partition coefficient (Wildman–Crippen LogP) is 0.670. The highest BCUT2D eigenvalue weighted by atomic mass is 32.2. The number of anilines is 1. The highest BCUT2D eigenvalue weighted by Crippen LogP contribution is 2.31. The SMILES string of the molecule is COC(=O)C=Cc1cnc(=O)[nH]c1N[C@@H]1O[C@H](COC(C)=O)[C@H](OS(=O)(=O)c2ccc(C)cc2)[C@H]1OC(C)=O. The molecule has 39 heavy (non-hydrogen) atoms. The number of H-pyrrole nitrogens is 1. The third-order valence-electron chi connectivity index (χ3n) is 5.34. The zero-order valence-corrected chi connectivity index (χ0v) is 22.2. The third-order valence-corrected chi connectivity index (χ3v) is 6.66. The van der Waals surface area contributed by atoms with Crippen LogP contribution in [0.2, 0.25) is 0 Å². The topological polar surface area (TPSA) is 189 Å². The molecular formula is C24H27N3O11S. The molecule has 0 unspecified atom stereocenters. The number of rotatable bonds is 10. The molecule has 1 aliphatic heterocycles. The van der Waals surface area contributed by atoms with E-state index >= 15 is 0 Å². The number of hydrogen-bond acceptors (Lipinski definition) is 13. The molecule has 2 N–H and O–H groups in total. The van der Waals surface area contributed by atoms with Gasteiger partial charge in [0.05, 0.1) is 12.0 Å². The summed E-state index contributed by atoms with van der Waals surface area (Å²) in [6.45, 7) is 3.58. The van der Waals surface area contributed by atoms with Crippen molar-refractivity contribution in [2.24, 2.45) is 0 Å². The monoisotopic (exact) mass is 565 g/mol. The number of carbonyl (C=O) groups is 3. The summed E-state index contributed by atoms with van der Waals surface area (Å²) < 4.78 is 52.5. The van der Waals surface area contributed by atoms with Crippen molar-refractivity contribution >= 4 is 39.9 Å². The lowest BCUT2D eigenvalue weighted by Crippen LogP contribution is -2.43. The molecule has 4 atom stereocenters. The average molecular weight is 566 g/mol. The quantitative estimate of drug-likeness (QED) is 0.177. The largest absolute Gasteiger partial charge is 0.466 e. The van der Waals surface area contributed by atoms with E-state index in [9.17, 15) is 27.6 Å². The maximum atomic E-state index is 13.1. The van der Waals surface area contributed by atoms with Crippen LogP contribution in [0, 0.1) is 6.92 Å². The van der Waals surface area contributed by atoms with Gasteiger partial charge in [-0.3, -0.25) is 18.8 Å². The van der Waals surface area contributed by atoms with Gasteiger partial charge >= 0.3 is 23.6 Å². The van der Waals surface area contributed by atoms with E-state index in [1.807, 2.05) is 0 Å². The fourth-order valence-corrected chi connectivity index (χ4v) is 4.65. The summed E-state index contributed by atoms with van der Waals surface area (Å²) in [5.74, 6) is -2.16. The molecule has 15 heteroatoms. The molecule has 0 spiro atoms. The summed E-state index contributed by atoms with van der Waals surface area (Å²) >= 11 is 0. The van der Waals surface area contributed by atoms with Crippen LogP contribution in [0.5, 0.6) is 0 Å². The van der Waals surface area contributed by atoms with Crippen molar-refractivity contribution in [1.82, 2.24) is 9.97 Å². The Balaban J connectivity index is 1.99. The number of hydrogen-bond donors (Lipinski definition) is 2. The van der Waals surface area contributed by atoms with Crippen molar-refractivity contribution in [3.63, 3.8) is 0 Å². The van der Waals surface area contributed by atoms with E-state index in [1.54, 1.807) is 19.1 Å². The van der Waals surface area contributed by atoms with Crippen LogP contribution in [-0.4, -0.2) is 74.6 Å². The Kier molecular flexibility index (Phi) is 9.56. The third kappa shape index (κ3) is 7.95. The molecule has 0 saturated carbocycles. The van der Waals surface area contributed by atoms with Crippen LogP contribution in [0.3, 0.4) is 0 Å². The zero-order chi connectivity index (χ0) is 28.7. The first-order chi connectivity index (χ1) is 18.4. The first-order valence-electron chi connectivity index (χ1n) is 11.5. The second-order valence-electron chi connectivity index (χ2n) is 8.32. The van der Waals surface area contributed by atoms with Crippen LogP contribution in [0.15, 0.2) is 46.2 Å². The maximum Gasteiger partial charge on any atom is 0.346 e. The molecule has 0 amide bonds. The summed E-state index contributed by atoms with van der Waals surface area (Å²) in [6, 6.07) is 5.85. The molecule has 0 radical (unpaired) electrons. The molecule has 210 valence electrons. The number of benzene rings is 1. The Hall–Kier alpha value is -4.08. The van der Waals surface area contributed by atoms with Gasteiger partial charge in [0.1, 0.15) is 24.6 Å². The van der Waals surface area contributed by atoms with Crippen LogP contribution in [0.1, 0.15) is 25.0 Å². The van der Waals surface area contributed by atoms with E-state index in [0.717, 1.165) is 31.7 Å². The van der Waals surface area contributed by atoms with Gasteiger partial charge in [0, 0.05) is 31.7 Å². The van der Waals surface area contributed by atoms with Gasteiger partial charge in [-0.05, 0) is 25.1 Å². The molecule has 3 rings (SSSR count). The van der Waals surface area contributed by atoms with E-state index in [1.165, 1.54) is 25.3 Å². The summed E-state index contributed by atoms with van der Waals surface area (Å²) in [6.07, 6.45) is -1.89. The van der Waals surface area contributed by atoms with E-state index in [2.05, 4.69) is 20.0 Å². The van der Waals surface area contributed by atoms with Gasteiger partial charge < -0.3 is 24.3 Å². The number of esters is 3. The number of nitrogens with zero attached hydrogens (tertiary/aromatic N) is 1. The summed E-state index contributed by atoms with van der Waals surface area (Å²) in [7, 11) is -3.22. The van der Waals surface area contributed by atoms with Gasteiger partial charge in [-0.15, -0.1) is 0 Å². The number of ether oxygens (including phenoxy) is 4. The number of aryl methyl sites for hydroxylation is 1. The van der Waals surface area contributed by atoms with Gasteiger partial charge in [-0.1, -0.05) is 17.7 Å². The predicted molar refractivity (Wildman–Crippen MR) is 134 cm³/mol. The van der Waals surface area contributed by atoms with E-state index in [4.69, 9.17) is 18.4 Å². The van der Waals surface area contributed by atoms with Crippen molar-refractivity contribution in [2.75, 3.05) is 19.0 Å². The molecule has 1 aromatic carbocycles. The number of aromatic nitrogens is 2. The fraction of sp³-hybridized carbons (Fsp3) is 0.375. The van der Waals surface area contributed by atoms with Gasteiger partial charge in [0.25, 0.3) is 10.1 Å². The molecule has 1 aliphatic rings. The number of nitrogens with one attached hydrogen (secondary N) is 2. The zero-order valence-electron chi connectivity index (χ0n) is 21.4. The Morgan fingerprint density at radius 2 is 1.82 bits per heavy atom. The molecular weight excluding hydrogens is 538 g/mol. The Morgan fingerprint density at radius 1 is 1.13 bits per heavy atom. The van der Waals surface area contributed by atoms with Crippen LogP contribution < -0.4 is 11.0 Å². The van der Waals surface area contributed by atoms with Crippen LogP contribution in [-0.2, 0) is 47.6 Å². The van der Waals surface area contributed by atoms with E-state index in [-0.39, 0.29) is 16.3 Å². The van der Waals surface area contributed by atoms with Crippen molar-refractivity contribution in [1.29, 1.82) is 0 Å². The lowest BCUT2D eigenvalue weighted by Gasteiger charge is -2.24. The normalized spacial score (nSPS) is 20.9. The van der Waals surface area contributed by atoms with Gasteiger partial charge in [-0.2, -0.15) is 8.42 Å². The fourth-order valence-electron chi connectivity index (χ4n) is 3.54. The lowest BCUT2D eigenvalue weighted by molar-refractivity contribution is -0.151. The Bertz CT molecular complexity index is 1400. The standard InChI is InChI=1S/C24H27N3O11S/c1-13-5-8-17(9-6-13)39(32,33)38-20-18(12-35-14(2)28)37-23(21(20)36-15(3)29)26-22-16(7-10-19(30)34-4)11-25-24(31)27-22/h5-11,18,20-21,23H,12H2,1-4H3,(H2,25,26,27,31)/t18-,20+,21-,23-/m1/s1. The highest BCUT2D eigenvalue weighted by Gasteiger charge is 2.51. The average Bonchev–Trinajstić information content (AvgIpc) is 3.16. The first-order valence-corrected chi connectivity index (χ1v) is 12.9. The molecule has 0 aliphatic carbocycles. The maximum absolute atomic E-state index is 13.1. The summed E-state index contributed by atoms with van der Waals surface area (Å²) in [4.78, 5) is 52.8. The minimum Gasteiger partial charge on any atom is -0.466 e. The molecule has 2 aromatic rings. The first kappa shape index (κ1) is 29.5. The number of carbonyl (C=O) groups excluding carboxylic acids is 3. The lowest BCUT2D eigenvalue weighted by atomic mass is 10.1. The molecule has 0 bridgehead atoms. The van der Waals surface area contributed by atoms with Gasteiger partial charge in [0.2, 0.25) is 0 Å². The molecule has 2 heterocycles. The smallest absolute Gasteiger partial charge is 0.346 e. The van der Waals surface area contributed by atoms with Crippen molar-refractivity contribution in [3.05, 3.63) is 58.1 Å². The molecule has 14 nitrogen and oxygen atoms in total. The van der Waals surface area contributed by atoms with Crippen LogP contribution >= 0.6 is 0 Å². The Morgan fingerprint density at radius 3 is 2.44 bits per heavy atom. The van der Waals surface area contributed by atoms with Gasteiger partial charge in [-0.25, -0.2) is 14.6 Å². The van der Waals surface area contributed by atoms with Crippen LogP contribution in [0.25, 0.3) is 6.08 Å². The van der Waals surface area contributed by atoms with Crippen molar-refractivity contribution in [3.8, 4) is 0 Å². The van der Waals surface area contributed by atoms with E-state index in [0.29, 0.717) is 0 Å². The molecule has 1 aromatic heterocycles. The van der Waals surface area contributed by atoms with Gasteiger partial charge in [0.15, 0.2) is 12.3 Å². The second kappa shape index (κ2) is 12.6. The van der Waals surface area contributed by atoms with Crippen molar-refractivity contribution < 1.29 is 45.9 Å². The number of aromatic amines is 1. The minimum absolute atomic E-state index is 0.00872. The van der Waals surface area contributed by atoms with E-state index < -0.39 is 64.9 Å².